The van der Waals surface area contributed by atoms with Crippen LogP contribution >= 0.6 is 0 Å². The van der Waals surface area contributed by atoms with E-state index in [4.69, 9.17) is 0 Å². The first kappa shape index (κ1) is 12.3. The molecule has 2 unspecified atom stereocenters. The van der Waals surface area contributed by atoms with Crippen molar-refractivity contribution in [2.45, 2.75) is 32.7 Å². The second-order valence-corrected chi connectivity index (χ2v) is 6.16. The summed E-state index contributed by atoms with van der Waals surface area (Å²) in [6.45, 7) is 12.2. The number of likely N-dealkylation sites (N-methyl/N-ethyl adjacent to an activating group) is 1. The van der Waals surface area contributed by atoms with Gasteiger partial charge in [-0.3, -0.25) is 4.90 Å². The SMILES string of the molecule is CC1CN(CC2(C)CCCNC2)CCN1C. The van der Waals surface area contributed by atoms with Crippen LogP contribution < -0.4 is 5.32 Å². The Bertz CT molecular complexity index is 223. The van der Waals surface area contributed by atoms with Gasteiger partial charge in [0.25, 0.3) is 0 Å². The summed E-state index contributed by atoms with van der Waals surface area (Å²) in [6, 6.07) is 0.717. The molecule has 2 heterocycles. The Morgan fingerprint density at radius 3 is 2.81 bits per heavy atom. The van der Waals surface area contributed by atoms with Gasteiger partial charge in [-0.15, -0.1) is 0 Å². The van der Waals surface area contributed by atoms with Gasteiger partial charge in [-0.2, -0.15) is 0 Å². The molecule has 2 aliphatic rings. The number of hydrogen-bond donors (Lipinski definition) is 1. The van der Waals surface area contributed by atoms with E-state index in [1.54, 1.807) is 0 Å². The second kappa shape index (κ2) is 5.03. The predicted octanol–water partition coefficient (Wildman–Crippen LogP) is 1.01. The molecule has 0 radical (unpaired) electrons. The van der Waals surface area contributed by atoms with Crippen molar-refractivity contribution in [2.24, 2.45) is 5.41 Å². The Balaban J connectivity index is 1.84. The number of nitrogens with zero attached hydrogens (tertiary/aromatic N) is 2. The van der Waals surface area contributed by atoms with Gasteiger partial charge in [-0.25, -0.2) is 0 Å². The van der Waals surface area contributed by atoms with Crippen molar-refractivity contribution in [3.05, 3.63) is 0 Å². The molecule has 0 aromatic heterocycles. The Morgan fingerprint density at radius 1 is 1.38 bits per heavy atom. The van der Waals surface area contributed by atoms with Crippen molar-refractivity contribution < 1.29 is 0 Å². The van der Waals surface area contributed by atoms with Crippen LogP contribution in [0.3, 0.4) is 0 Å². The van der Waals surface area contributed by atoms with Crippen LogP contribution in [0, 0.1) is 5.41 Å². The number of piperidine rings is 1. The topological polar surface area (TPSA) is 18.5 Å². The van der Waals surface area contributed by atoms with Crippen molar-refractivity contribution in [3.63, 3.8) is 0 Å². The fraction of sp³-hybridized carbons (Fsp3) is 1.00. The molecule has 2 aliphatic heterocycles. The molecule has 2 rings (SSSR count). The highest BCUT2D eigenvalue weighted by molar-refractivity contribution is 4.87. The highest BCUT2D eigenvalue weighted by Crippen LogP contribution is 2.27. The van der Waals surface area contributed by atoms with Crippen molar-refractivity contribution in [3.8, 4) is 0 Å². The molecule has 0 saturated carbocycles. The lowest BCUT2D eigenvalue weighted by molar-refractivity contribution is 0.0604. The molecular formula is C13H27N3. The third-order valence-corrected chi connectivity index (χ3v) is 4.33. The quantitative estimate of drug-likeness (QED) is 0.757. The first-order chi connectivity index (χ1) is 7.59. The maximum atomic E-state index is 3.55. The first-order valence-corrected chi connectivity index (χ1v) is 6.72. The average Bonchev–Trinajstić information content (AvgIpc) is 2.24. The maximum absolute atomic E-state index is 3.55. The third-order valence-electron chi connectivity index (χ3n) is 4.33. The van der Waals surface area contributed by atoms with Crippen LogP contribution in [0.1, 0.15) is 26.7 Å². The van der Waals surface area contributed by atoms with Gasteiger partial charge < -0.3 is 10.2 Å². The fourth-order valence-electron chi connectivity index (χ4n) is 3.06. The van der Waals surface area contributed by atoms with Crippen molar-refractivity contribution >= 4 is 0 Å². The summed E-state index contributed by atoms with van der Waals surface area (Å²) < 4.78 is 0. The predicted molar refractivity (Wildman–Crippen MR) is 68.7 cm³/mol. The monoisotopic (exact) mass is 225 g/mol. The van der Waals surface area contributed by atoms with Crippen LogP contribution in [-0.4, -0.2) is 62.2 Å². The fourth-order valence-corrected chi connectivity index (χ4v) is 3.06. The first-order valence-electron chi connectivity index (χ1n) is 6.72. The van der Waals surface area contributed by atoms with Crippen molar-refractivity contribution in [1.29, 1.82) is 0 Å². The molecule has 0 aromatic rings. The van der Waals surface area contributed by atoms with Crippen molar-refractivity contribution in [2.75, 3.05) is 46.3 Å². The lowest BCUT2D eigenvalue weighted by Crippen LogP contribution is -2.54. The highest BCUT2D eigenvalue weighted by atomic mass is 15.3. The van der Waals surface area contributed by atoms with Gasteiger partial charge in [-0.05, 0) is 38.8 Å². The zero-order valence-corrected chi connectivity index (χ0v) is 11.1. The summed E-state index contributed by atoms with van der Waals surface area (Å²) in [5.74, 6) is 0. The molecule has 3 heteroatoms. The van der Waals surface area contributed by atoms with E-state index in [1.165, 1.54) is 52.1 Å². The summed E-state index contributed by atoms with van der Waals surface area (Å²) in [4.78, 5) is 5.13. The number of nitrogens with one attached hydrogen (secondary N) is 1. The molecule has 0 aromatic carbocycles. The normalized spacial score (nSPS) is 38.8. The van der Waals surface area contributed by atoms with E-state index in [0.717, 1.165) is 0 Å². The van der Waals surface area contributed by atoms with Gasteiger partial charge in [-0.1, -0.05) is 6.92 Å². The minimum atomic E-state index is 0.508. The molecule has 94 valence electrons. The van der Waals surface area contributed by atoms with Crippen LogP contribution in [0.15, 0.2) is 0 Å². The summed E-state index contributed by atoms with van der Waals surface area (Å²) in [7, 11) is 2.24. The number of hydrogen-bond acceptors (Lipinski definition) is 3. The van der Waals surface area contributed by atoms with Gasteiger partial charge in [0.15, 0.2) is 0 Å². The molecule has 2 fully saturated rings. The molecule has 2 atom stereocenters. The van der Waals surface area contributed by atoms with Crippen LogP contribution in [0.5, 0.6) is 0 Å². The Labute approximate surface area is 100 Å². The molecule has 16 heavy (non-hydrogen) atoms. The van der Waals surface area contributed by atoms with Crippen LogP contribution in [0.4, 0.5) is 0 Å². The minimum absolute atomic E-state index is 0.508. The van der Waals surface area contributed by atoms with Gasteiger partial charge in [0, 0.05) is 38.8 Å². The Kier molecular flexibility index (Phi) is 3.88. The zero-order valence-electron chi connectivity index (χ0n) is 11.1. The smallest absolute Gasteiger partial charge is 0.0192 e. The van der Waals surface area contributed by atoms with Crippen molar-refractivity contribution in [1.82, 2.24) is 15.1 Å². The molecule has 1 N–H and O–H groups in total. The lowest BCUT2D eigenvalue weighted by atomic mass is 9.82. The second-order valence-electron chi connectivity index (χ2n) is 6.16. The van der Waals surface area contributed by atoms with E-state index >= 15 is 0 Å². The van der Waals surface area contributed by atoms with E-state index in [0.29, 0.717) is 11.5 Å². The zero-order chi connectivity index (χ0) is 11.6. The van der Waals surface area contributed by atoms with E-state index in [-0.39, 0.29) is 0 Å². The molecule has 0 bridgehead atoms. The third kappa shape index (κ3) is 2.96. The van der Waals surface area contributed by atoms with Crippen LogP contribution in [0.2, 0.25) is 0 Å². The minimum Gasteiger partial charge on any atom is -0.316 e. The lowest BCUT2D eigenvalue weighted by Gasteiger charge is -2.43. The molecule has 0 amide bonds. The Hall–Kier alpha value is -0.120. The Morgan fingerprint density at radius 2 is 2.19 bits per heavy atom. The van der Waals surface area contributed by atoms with Crippen LogP contribution in [-0.2, 0) is 0 Å². The summed E-state index contributed by atoms with van der Waals surface area (Å²) in [6.07, 6.45) is 2.74. The molecule has 2 saturated heterocycles. The van der Waals surface area contributed by atoms with E-state index in [2.05, 4.69) is 36.0 Å². The largest absolute Gasteiger partial charge is 0.316 e. The van der Waals surface area contributed by atoms with Crippen LogP contribution in [0.25, 0.3) is 0 Å². The van der Waals surface area contributed by atoms with Gasteiger partial charge in [0.2, 0.25) is 0 Å². The standard InChI is InChI=1S/C13H27N3/c1-12-9-16(8-7-15(12)3)11-13(2)5-4-6-14-10-13/h12,14H,4-11H2,1-3H3. The number of piperazine rings is 1. The molecular weight excluding hydrogens is 198 g/mol. The van der Waals surface area contributed by atoms with E-state index < -0.39 is 0 Å². The van der Waals surface area contributed by atoms with Gasteiger partial charge in [0.05, 0.1) is 0 Å². The van der Waals surface area contributed by atoms with Gasteiger partial charge in [0.1, 0.15) is 0 Å². The summed E-state index contributed by atoms with van der Waals surface area (Å²) in [5.41, 5.74) is 0.508. The highest BCUT2D eigenvalue weighted by Gasteiger charge is 2.31. The molecule has 0 spiro atoms. The number of rotatable bonds is 2. The summed E-state index contributed by atoms with van der Waals surface area (Å²) >= 11 is 0. The molecule has 0 aliphatic carbocycles. The van der Waals surface area contributed by atoms with Gasteiger partial charge >= 0.3 is 0 Å². The van der Waals surface area contributed by atoms with E-state index in [1.807, 2.05) is 0 Å². The molecule has 3 nitrogen and oxygen atoms in total. The average molecular weight is 225 g/mol. The van der Waals surface area contributed by atoms with E-state index in [9.17, 15) is 0 Å². The summed E-state index contributed by atoms with van der Waals surface area (Å²) in [5, 5.41) is 3.55. The maximum Gasteiger partial charge on any atom is 0.0192 e.